The van der Waals surface area contributed by atoms with Gasteiger partial charge in [-0.15, -0.1) is 0 Å². The van der Waals surface area contributed by atoms with E-state index in [1.165, 1.54) is 0 Å². The Kier molecular flexibility index (Phi) is 8.39. The number of carbonyl (C=O) groups excluding carboxylic acids is 3. The maximum atomic E-state index is 12.5. The second-order valence-corrected chi connectivity index (χ2v) is 6.66. The van der Waals surface area contributed by atoms with Crippen molar-refractivity contribution in [2.24, 2.45) is 5.92 Å². The van der Waals surface area contributed by atoms with E-state index in [4.69, 9.17) is 10.00 Å². The smallest absolute Gasteiger partial charge is 0.276 e. The molecule has 0 aliphatic carbocycles. The topological polar surface area (TPSA) is 120 Å². The first kappa shape index (κ1) is 22.4. The van der Waals surface area contributed by atoms with Crippen LogP contribution in [0.1, 0.15) is 36.2 Å². The third-order valence-corrected chi connectivity index (χ3v) is 4.50. The lowest BCUT2D eigenvalue weighted by atomic mass is 9.98. The van der Waals surface area contributed by atoms with Crippen LogP contribution in [0, 0.1) is 17.2 Å². The summed E-state index contributed by atoms with van der Waals surface area (Å²) >= 11 is 0. The molecular weight excluding hydrogens is 384 g/mol. The highest BCUT2D eigenvalue weighted by Crippen LogP contribution is 2.11. The molecule has 0 unspecified atom stereocenters. The summed E-state index contributed by atoms with van der Waals surface area (Å²) in [5.41, 5.74) is 5.54. The summed E-state index contributed by atoms with van der Waals surface area (Å²) in [4.78, 5) is 36.9. The summed E-state index contributed by atoms with van der Waals surface area (Å²) in [5, 5.41) is 11.5. The fourth-order valence-electron chi connectivity index (χ4n) is 2.54. The van der Waals surface area contributed by atoms with Crippen LogP contribution in [0.4, 0.5) is 0 Å². The van der Waals surface area contributed by atoms with Gasteiger partial charge in [-0.25, -0.2) is 0 Å². The zero-order valence-corrected chi connectivity index (χ0v) is 16.8. The number of hydrogen-bond donors (Lipinski definition) is 3. The molecule has 0 fully saturated rings. The number of hydrazine groups is 1. The van der Waals surface area contributed by atoms with Gasteiger partial charge >= 0.3 is 0 Å². The number of ether oxygens (including phenoxy) is 1. The SMILES string of the molecule is CC[C@H](C)[C@H](NC(=O)c1ccccc1)C(=O)NNC(=O)COc1ccc(C#N)cc1. The molecule has 2 aromatic rings. The minimum absolute atomic E-state index is 0.149. The van der Waals surface area contributed by atoms with E-state index in [9.17, 15) is 14.4 Å². The Morgan fingerprint density at radius 2 is 1.70 bits per heavy atom. The minimum atomic E-state index is -0.817. The molecule has 0 bridgehead atoms. The Morgan fingerprint density at radius 1 is 1.03 bits per heavy atom. The molecular formula is C22H24N4O4. The molecule has 3 N–H and O–H groups in total. The van der Waals surface area contributed by atoms with Gasteiger partial charge in [0.05, 0.1) is 11.6 Å². The third-order valence-electron chi connectivity index (χ3n) is 4.50. The van der Waals surface area contributed by atoms with E-state index in [0.29, 0.717) is 23.3 Å². The summed E-state index contributed by atoms with van der Waals surface area (Å²) in [6, 6.07) is 16.0. The van der Waals surface area contributed by atoms with Crippen molar-refractivity contribution in [3.05, 3.63) is 65.7 Å². The van der Waals surface area contributed by atoms with Gasteiger partial charge in [-0.1, -0.05) is 38.5 Å². The zero-order chi connectivity index (χ0) is 21.9. The fourth-order valence-corrected chi connectivity index (χ4v) is 2.54. The third kappa shape index (κ3) is 6.63. The van der Waals surface area contributed by atoms with Crippen molar-refractivity contribution in [2.45, 2.75) is 26.3 Å². The highest BCUT2D eigenvalue weighted by atomic mass is 16.5. The summed E-state index contributed by atoms with van der Waals surface area (Å²) < 4.78 is 5.31. The summed E-state index contributed by atoms with van der Waals surface area (Å²) in [7, 11) is 0. The van der Waals surface area contributed by atoms with E-state index >= 15 is 0 Å². The van der Waals surface area contributed by atoms with Crippen LogP contribution >= 0.6 is 0 Å². The fraction of sp³-hybridized carbons (Fsp3) is 0.273. The van der Waals surface area contributed by atoms with Crippen molar-refractivity contribution in [2.75, 3.05) is 6.61 Å². The van der Waals surface area contributed by atoms with Crippen LogP contribution < -0.4 is 20.9 Å². The number of nitriles is 1. The van der Waals surface area contributed by atoms with Crippen LogP contribution in [-0.4, -0.2) is 30.4 Å². The number of benzene rings is 2. The lowest BCUT2D eigenvalue weighted by molar-refractivity contribution is -0.131. The van der Waals surface area contributed by atoms with E-state index in [0.717, 1.165) is 0 Å². The molecule has 0 saturated heterocycles. The lowest BCUT2D eigenvalue weighted by Gasteiger charge is -2.23. The van der Waals surface area contributed by atoms with Crippen LogP contribution in [0.15, 0.2) is 54.6 Å². The van der Waals surface area contributed by atoms with Gasteiger partial charge in [-0.3, -0.25) is 25.2 Å². The Balaban J connectivity index is 1.87. The predicted molar refractivity (Wildman–Crippen MR) is 110 cm³/mol. The van der Waals surface area contributed by atoms with Crippen molar-refractivity contribution in [3.8, 4) is 11.8 Å². The Morgan fingerprint density at radius 3 is 2.30 bits per heavy atom. The predicted octanol–water partition coefficient (Wildman–Crippen LogP) is 1.93. The van der Waals surface area contributed by atoms with Gasteiger partial charge in [-0.05, 0) is 42.3 Å². The normalized spacial score (nSPS) is 12.0. The molecule has 2 atom stereocenters. The van der Waals surface area contributed by atoms with Crippen LogP contribution in [-0.2, 0) is 9.59 Å². The average molecular weight is 408 g/mol. The van der Waals surface area contributed by atoms with Crippen molar-refractivity contribution in [1.82, 2.24) is 16.2 Å². The molecule has 0 aliphatic heterocycles. The largest absolute Gasteiger partial charge is 0.484 e. The second kappa shape index (κ2) is 11.2. The van der Waals surface area contributed by atoms with Gasteiger partial charge in [0.2, 0.25) is 0 Å². The van der Waals surface area contributed by atoms with Gasteiger partial charge in [0.15, 0.2) is 6.61 Å². The van der Waals surface area contributed by atoms with Gasteiger partial charge in [-0.2, -0.15) is 5.26 Å². The Hall–Kier alpha value is -3.86. The van der Waals surface area contributed by atoms with Gasteiger partial charge in [0.1, 0.15) is 11.8 Å². The quantitative estimate of drug-likeness (QED) is 0.577. The van der Waals surface area contributed by atoms with Crippen LogP contribution in [0.3, 0.4) is 0 Å². The maximum Gasteiger partial charge on any atom is 0.276 e. The lowest BCUT2D eigenvalue weighted by Crippen LogP contribution is -2.55. The first-order valence-corrected chi connectivity index (χ1v) is 9.52. The molecule has 0 radical (unpaired) electrons. The highest BCUT2D eigenvalue weighted by molar-refractivity contribution is 5.97. The summed E-state index contributed by atoms with van der Waals surface area (Å²) in [5.74, 6) is -1.19. The van der Waals surface area contributed by atoms with Crippen LogP contribution in [0.5, 0.6) is 5.75 Å². The maximum absolute atomic E-state index is 12.5. The van der Waals surface area contributed by atoms with Gasteiger partial charge in [0.25, 0.3) is 17.7 Å². The first-order valence-electron chi connectivity index (χ1n) is 9.52. The molecule has 0 aromatic heterocycles. The number of hydrogen-bond acceptors (Lipinski definition) is 5. The molecule has 156 valence electrons. The van der Waals surface area contributed by atoms with E-state index < -0.39 is 17.9 Å². The van der Waals surface area contributed by atoms with E-state index in [1.807, 2.05) is 19.9 Å². The number of amides is 3. The number of nitrogens with one attached hydrogen (secondary N) is 3. The average Bonchev–Trinajstić information content (AvgIpc) is 2.79. The van der Waals surface area contributed by atoms with E-state index in [2.05, 4.69) is 16.2 Å². The second-order valence-electron chi connectivity index (χ2n) is 6.66. The highest BCUT2D eigenvalue weighted by Gasteiger charge is 2.26. The molecule has 0 spiro atoms. The molecule has 0 saturated carbocycles. The van der Waals surface area contributed by atoms with Crippen molar-refractivity contribution < 1.29 is 19.1 Å². The molecule has 8 nitrogen and oxygen atoms in total. The van der Waals surface area contributed by atoms with E-state index in [-0.39, 0.29) is 18.4 Å². The molecule has 2 aromatic carbocycles. The first-order chi connectivity index (χ1) is 14.4. The summed E-state index contributed by atoms with van der Waals surface area (Å²) in [6.07, 6.45) is 0.656. The van der Waals surface area contributed by atoms with E-state index in [1.54, 1.807) is 54.6 Å². The molecule has 30 heavy (non-hydrogen) atoms. The standard InChI is InChI=1S/C22H24N4O4/c1-3-15(2)20(24-21(28)17-7-5-4-6-8-17)22(29)26-25-19(27)14-30-18-11-9-16(13-23)10-12-18/h4-12,15,20H,3,14H2,1-2H3,(H,24,28)(H,25,27)(H,26,29)/t15-,20-/m0/s1. The van der Waals surface area contributed by atoms with Crippen molar-refractivity contribution in [1.29, 1.82) is 5.26 Å². The molecule has 2 rings (SSSR count). The Labute approximate surface area is 175 Å². The monoisotopic (exact) mass is 408 g/mol. The number of nitrogens with zero attached hydrogens (tertiary/aromatic N) is 1. The van der Waals surface area contributed by atoms with Gasteiger partial charge in [0, 0.05) is 5.56 Å². The van der Waals surface area contributed by atoms with Crippen molar-refractivity contribution in [3.63, 3.8) is 0 Å². The number of rotatable bonds is 8. The zero-order valence-electron chi connectivity index (χ0n) is 16.8. The molecule has 0 aliphatic rings. The van der Waals surface area contributed by atoms with Crippen LogP contribution in [0.25, 0.3) is 0 Å². The number of carbonyl (C=O) groups is 3. The Bertz CT molecular complexity index is 907. The van der Waals surface area contributed by atoms with Crippen molar-refractivity contribution >= 4 is 17.7 Å². The molecule has 0 heterocycles. The molecule has 8 heteroatoms. The summed E-state index contributed by atoms with van der Waals surface area (Å²) in [6.45, 7) is 3.42. The minimum Gasteiger partial charge on any atom is -0.484 e. The van der Waals surface area contributed by atoms with Gasteiger partial charge < -0.3 is 10.1 Å². The van der Waals surface area contributed by atoms with Crippen LogP contribution in [0.2, 0.25) is 0 Å². The molecule has 3 amide bonds.